The molecule has 1 aliphatic heterocycles. The second-order valence-corrected chi connectivity index (χ2v) is 8.48. The SMILES string of the molecule is CCCC1(CCC)NC(=O)N(CC(=O)Nc2cc(-c3ccccc3)nn2-c2ccccc2)C1=O. The summed E-state index contributed by atoms with van der Waals surface area (Å²) in [7, 11) is 0. The normalized spacial score (nSPS) is 14.8. The molecule has 0 saturated carbocycles. The number of amides is 4. The number of benzene rings is 2. The zero-order valence-corrected chi connectivity index (χ0v) is 19.5. The van der Waals surface area contributed by atoms with Gasteiger partial charge in [-0.05, 0) is 25.0 Å². The number of rotatable bonds is 9. The first kappa shape index (κ1) is 23.2. The number of carbonyl (C=O) groups excluding carboxylic acids is 3. The maximum atomic E-state index is 13.1. The smallest absolute Gasteiger partial charge is 0.323 e. The van der Waals surface area contributed by atoms with Crippen molar-refractivity contribution in [2.24, 2.45) is 0 Å². The Balaban J connectivity index is 1.58. The Morgan fingerprint density at radius 3 is 2.21 bits per heavy atom. The van der Waals surface area contributed by atoms with Crippen LogP contribution in [-0.2, 0) is 9.59 Å². The van der Waals surface area contributed by atoms with Crippen molar-refractivity contribution in [3.05, 3.63) is 66.7 Å². The van der Waals surface area contributed by atoms with E-state index >= 15 is 0 Å². The molecule has 2 aromatic carbocycles. The third kappa shape index (κ3) is 4.57. The molecule has 0 radical (unpaired) electrons. The van der Waals surface area contributed by atoms with E-state index in [2.05, 4.69) is 15.7 Å². The summed E-state index contributed by atoms with van der Waals surface area (Å²) in [6.45, 7) is 3.59. The van der Waals surface area contributed by atoms with Gasteiger partial charge in [-0.1, -0.05) is 75.2 Å². The first-order valence-electron chi connectivity index (χ1n) is 11.6. The third-order valence-electron chi connectivity index (χ3n) is 5.95. The van der Waals surface area contributed by atoms with E-state index < -0.39 is 17.5 Å². The Morgan fingerprint density at radius 1 is 0.971 bits per heavy atom. The van der Waals surface area contributed by atoms with Crippen LogP contribution in [0.15, 0.2) is 66.7 Å². The molecule has 1 aromatic heterocycles. The fourth-order valence-corrected chi connectivity index (χ4v) is 4.45. The Morgan fingerprint density at radius 2 is 1.59 bits per heavy atom. The highest BCUT2D eigenvalue weighted by Crippen LogP contribution is 2.28. The molecule has 4 rings (SSSR count). The highest BCUT2D eigenvalue weighted by molar-refractivity contribution is 6.10. The van der Waals surface area contributed by atoms with E-state index in [4.69, 9.17) is 0 Å². The van der Waals surface area contributed by atoms with Crippen LogP contribution in [0.1, 0.15) is 39.5 Å². The van der Waals surface area contributed by atoms with Crippen LogP contribution in [0.3, 0.4) is 0 Å². The first-order chi connectivity index (χ1) is 16.5. The van der Waals surface area contributed by atoms with Gasteiger partial charge in [-0.2, -0.15) is 5.10 Å². The number of aromatic nitrogens is 2. The standard InChI is InChI=1S/C26H29N5O3/c1-3-15-26(16-4-2)24(33)30(25(34)28-26)18-23(32)27-22-17-21(19-11-7-5-8-12-19)29-31(22)20-13-9-6-10-14-20/h5-14,17H,3-4,15-16,18H2,1-2H3,(H,27,32)(H,28,34). The first-order valence-corrected chi connectivity index (χ1v) is 11.6. The van der Waals surface area contributed by atoms with Crippen molar-refractivity contribution in [3.8, 4) is 16.9 Å². The number of imide groups is 1. The van der Waals surface area contributed by atoms with E-state index in [1.165, 1.54) is 0 Å². The molecule has 2 N–H and O–H groups in total. The summed E-state index contributed by atoms with van der Waals surface area (Å²) in [5.74, 6) is -0.350. The molecule has 4 amide bonds. The number of nitrogens with one attached hydrogen (secondary N) is 2. The van der Waals surface area contributed by atoms with Gasteiger partial charge in [0.15, 0.2) is 0 Å². The van der Waals surface area contributed by atoms with Crippen LogP contribution in [0, 0.1) is 0 Å². The van der Waals surface area contributed by atoms with Gasteiger partial charge in [0, 0.05) is 11.6 Å². The Hall–Kier alpha value is -3.94. The average molecular weight is 460 g/mol. The van der Waals surface area contributed by atoms with Gasteiger partial charge in [-0.25, -0.2) is 9.48 Å². The number of nitrogens with zero attached hydrogens (tertiary/aromatic N) is 3. The summed E-state index contributed by atoms with van der Waals surface area (Å²) in [6, 6.07) is 20.4. The van der Waals surface area contributed by atoms with Crippen molar-refractivity contribution in [2.75, 3.05) is 11.9 Å². The average Bonchev–Trinajstić information content (AvgIpc) is 3.35. The van der Waals surface area contributed by atoms with Crippen molar-refractivity contribution in [1.29, 1.82) is 0 Å². The highest BCUT2D eigenvalue weighted by atomic mass is 16.2. The fourth-order valence-electron chi connectivity index (χ4n) is 4.45. The van der Waals surface area contributed by atoms with Crippen molar-refractivity contribution in [1.82, 2.24) is 20.0 Å². The van der Waals surface area contributed by atoms with E-state index in [0.29, 0.717) is 24.4 Å². The van der Waals surface area contributed by atoms with Crippen LogP contribution in [0.25, 0.3) is 16.9 Å². The van der Waals surface area contributed by atoms with Gasteiger partial charge in [0.1, 0.15) is 17.9 Å². The van der Waals surface area contributed by atoms with Gasteiger partial charge in [-0.3, -0.25) is 14.5 Å². The number of para-hydroxylation sites is 1. The van der Waals surface area contributed by atoms with Gasteiger partial charge in [0.25, 0.3) is 5.91 Å². The van der Waals surface area contributed by atoms with E-state index in [0.717, 1.165) is 29.0 Å². The number of hydrogen-bond donors (Lipinski definition) is 2. The van der Waals surface area contributed by atoms with Gasteiger partial charge in [-0.15, -0.1) is 0 Å². The second-order valence-electron chi connectivity index (χ2n) is 8.48. The number of urea groups is 1. The lowest BCUT2D eigenvalue weighted by Crippen LogP contribution is -2.47. The van der Waals surface area contributed by atoms with Gasteiger partial charge < -0.3 is 10.6 Å². The highest BCUT2D eigenvalue weighted by Gasteiger charge is 2.50. The largest absolute Gasteiger partial charge is 0.325 e. The van der Waals surface area contributed by atoms with Gasteiger partial charge in [0.2, 0.25) is 5.91 Å². The molecule has 34 heavy (non-hydrogen) atoms. The molecular weight excluding hydrogens is 430 g/mol. The molecule has 0 bridgehead atoms. The molecule has 2 heterocycles. The van der Waals surface area contributed by atoms with Crippen molar-refractivity contribution < 1.29 is 14.4 Å². The predicted molar refractivity (Wildman–Crippen MR) is 130 cm³/mol. The summed E-state index contributed by atoms with van der Waals surface area (Å²) in [5.41, 5.74) is 1.46. The fraction of sp³-hybridized carbons (Fsp3) is 0.308. The molecule has 8 nitrogen and oxygen atoms in total. The molecule has 0 atom stereocenters. The molecule has 1 aliphatic rings. The Bertz CT molecular complexity index is 1170. The quantitative estimate of drug-likeness (QED) is 0.465. The van der Waals surface area contributed by atoms with Crippen LogP contribution in [0.5, 0.6) is 0 Å². The van der Waals surface area contributed by atoms with Crippen LogP contribution in [0.2, 0.25) is 0 Å². The van der Waals surface area contributed by atoms with Crippen molar-refractivity contribution in [3.63, 3.8) is 0 Å². The zero-order chi connectivity index (χ0) is 24.1. The molecule has 3 aromatic rings. The molecule has 176 valence electrons. The minimum atomic E-state index is -0.923. The number of carbonyl (C=O) groups is 3. The van der Waals surface area contributed by atoms with Gasteiger partial charge in [0.05, 0.1) is 11.4 Å². The summed E-state index contributed by atoms with van der Waals surface area (Å²) in [5, 5.41) is 10.4. The van der Waals surface area contributed by atoms with E-state index in [9.17, 15) is 14.4 Å². The maximum absolute atomic E-state index is 13.1. The molecule has 1 fully saturated rings. The molecular formula is C26H29N5O3. The van der Waals surface area contributed by atoms with E-state index in [1.807, 2.05) is 74.5 Å². The summed E-state index contributed by atoms with van der Waals surface area (Å²) in [4.78, 5) is 39.7. The Labute approximate surface area is 199 Å². The van der Waals surface area contributed by atoms with Crippen molar-refractivity contribution >= 4 is 23.7 Å². The number of anilines is 1. The molecule has 0 unspecified atom stereocenters. The maximum Gasteiger partial charge on any atom is 0.325 e. The third-order valence-corrected chi connectivity index (χ3v) is 5.95. The monoisotopic (exact) mass is 459 g/mol. The lowest BCUT2D eigenvalue weighted by atomic mass is 9.88. The van der Waals surface area contributed by atoms with Crippen molar-refractivity contribution in [2.45, 2.75) is 45.1 Å². The van der Waals surface area contributed by atoms with Crippen LogP contribution in [0.4, 0.5) is 10.6 Å². The van der Waals surface area contributed by atoms with Crippen LogP contribution < -0.4 is 10.6 Å². The summed E-state index contributed by atoms with van der Waals surface area (Å²) >= 11 is 0. The summed E-state index contributed by atoms with van der Waals surface area (Å²) in [6.07, 6.45) is 2.60. The van der Waals surface area contributed by atoms with E-state index in [1.54, 1.807) is 10.7 Å². The predicted octanol–water partition coefficient (Wildman–Crippen LogP) is 4.37. The zero-order valence-electron chi connectivity index (χ0n) is 19.5. The topological polar surface area (TPSA) is 96.3 Å². The minimum absolute atomic E-state index is 0.335. The lowest BCUT2D eigenvalue weighted by molar-refractivity contribution is -0.134. The molecule has 8 heteroatoms. The molecule has 1 saturated heterocycles. The lowest BCUT2D eigenvalue weighted by Gasteiger charge is -2.25. The number of hydrogen-bond acceptors (Lipinski definition) is 4. The van der Waals surface area contributed by atoms with E-state index in [-0.39, 0.29) is 12.5 Å². The van der Waals surface area contributed by atoms with Crippen LogP contribution >= 0.6 is 0 Å². The molecule has 0 aliphatic carbocycles. The minimum Gasteiger partial charge on any atom is -0.323 e. The second kappa shape index (κ2) is 9.91. The Kier molecular flexibility index (Phi) is 6.77. The van der Waals surface area contributed by atoms with Crippen LogP contribution in [-0.4, -0.2) is 44.6 Å². The summed E-state index contributed by atoms with van der Waals surface area (Å²) < 4.78 is 1.64. The van der Waals surface area contributed by atoms with Gasteiger partial charge >= 0.3 is 6.03 Å². The molecule has 0 spiro atoms.